The zero-order chi connectivity index (χ0) is 11.0. The first kappa shape index (κ1) is 10.8. The Kier molecular flexibility index (Phi) is 2.89. The fourth-order valence-corrected chi connectivity index (χ4v) is 2.27. The molecule has 1 unspecified atom stereocenters. The van der Waals surface area contributed by atoms with E-state index in [1.807, 2.05) is 0 Å². The normalized spacial score (nSPS) is 21.1. The third-order valence-corrected chi connectivity index (χ3v) is 3.25. The van der Waals surface area contributed by atoms with Gasteiger partial charge in [0.05, 0.1) is 5.02 Å². The van der Waals surface area contributed by atoms with E-state index >= 15 is 0 Å². The van der Waals surface area contributed by atoms with Crippen molar-refractivity contribution in [1.29, 1.82) is 0 Å². The van der Waals surface area contributed by atoms with Crippen molar-refractivity contribution in [2.75, 3.05) is 11.4 Å². The van der Waals surface area contributed by atoms with Crippen LogP contribution in [0.25, 0.3) is 0 Å². The van der Waals surface area contributed by atoms with Crippen molar-refractivity contribution in [3.05, 3.63) is 23.2 Å². The number of amides is 1. The maximum Gasteiger partial charge on any atom is 0.228 e. The van der Waals surface area contributed by atoms with E-state index in [-0.39, 0.29) is 16.5 Å². The number of alkyl halides is 1. The fourth-order valence-electron chi connectivity index (χ4n) is 1.58. The number of hydrogen-bond acceptors (Lipinski definition) is 2. The van der Waals surface area contributed by atoms with Crippen molar-refractivity contribution in [3.8, 4) is 5.75 Å². The van der Waals surface area contributed by atoms with Crippen LogP contribution < -0.4 is 4.90 Å². The molecule has 3 nitrogen and oxygen atoms in total. The van der Waals surface area contributed by atoms with Crippen LogP contribution in [0.3, 0.4) is 0 Å². The average Bonchev–Trinajstić information content (AvgIpc) is 2.50. The highest BCUT2D eigenvalue weighted by molar-refractivity contribution is 9.09. The van der Waals surface area contributed by atoms with Gasteiger partial charge in [-0.1, -0.05) is 27.5 Å². The van der Waals surface area contributed by atoms with E-state index in [1.165, 1.54) is 6.07 Å². The molecule has 0 aliphatic carbocycles. The Morgan fingerprint density at radius 1 is 1.53 bits per heavy atom. The van der Waals surface area contributed by atoms with Gasteiger partial charge in [-0.2, -0.15) is 0 Å². The molecule has 1 saturated heterocycles. The molecule has 1 fully saturated rings. The molecule has 1 aromatic carbocycles. The lowest BCUT2D eigenvalue weighted by Gasteiger charge is -2.16. The quantitative estimate of drug-likeness (QED) is 0.808. The smallest absolute Gasteiger partial charge is 0.228 e. The van der Waals surface area contributed by atoms with E-state index in [2.05, 4.69) is 15.9 Å². The van der Waals surface area contributed by atoms with Crippen LogP contribution in [0.5, 0.6) is 5.75 Å². The van der Waals surface area contributed by atoms with Gasteiger partial charge in [0, 0.05) is 29.5 Å². The number of anilines is 1. The number of carbonyl (C=O) groups excluding carboxylic acids is 1. The molecule has 80 valence electrons. The van der Waals surface area contributed by atoms with E-state index in [9.17, 15) is 9.90 Å². The topological polar surface area (TPSA) is 40.5 Å². The standard InChI is InChI=1S/C10H9BrClNO2/c11-6-3-10(15)13(5-6)7-1-2-8(12)9(14)4-7/h1-2,4,6,14H,3,5H2. The van der Waals surface area contributed by atoms with E-state index in [0.29, 0.717) is 23.7 Å². The van der Waals surface area contributed by atoms with Gasteiger partial charge in [-0.05, 0) is 12.1 Å². The van der Waals surface area contributed by atoms with Crippen LogP contribution >= 0.6 is 27.5 Å². The Bertz CT molecular complexity index is 410. The Balaban J connectivity index is 2.30. The molecule has 1 N–H and O–H groups in total. The number of halogens is 2. The summed E-state index contributed by atoms with van der Waals surface area (Å²) in [5.41, 5.74) is 0.684. The van der Waals surface area contributed by atoms with Crippen LogP contribution in [-0.2, 0) is 4.79 Å². The summed E-state index contributed by atoms with van der Waals surface area (Å²) < 4.78 is 0. The molecule has 1 amide bonds. The van der Waals surface area contributed by atoms with Crippen LogP contribution in [0.1, 0.15) is 6.42 Å². The van der Waals surface area contributed by atoms with Gasteiger partial charge in [0.25, 0.3) is 0 Å². The molecule has 1 atom stereocenters. The highest BCUT2D eigenvalue weighted by Crippen LogP contribution is 2.31. The molecule has 5 heteroatoms. The molecule has 0 saturated carbocycles. The summed E-state index contributed by atoms with van der Waals surface area (Å²) in [5.74, 6) is 0.0542. The molecule has 0 radical (unpaired) electrons. The van der Waals surface area contributed by atoms with Crippen molar-refractivity contribution in [2.24, 2.45) is 0 Å². The van der Waals surface area contributed by atoms with Crippen LogP contribution in [0.15, 0.2) is 18.2 Å². The van der Waals surface area contributed by atoms with Crippen LogP contribution in [0.4, 0.5) is 5.69 Å². The SMILES string of the molecule is O=C1CC(Br)CN1c1ccc(Cl)c(O)c1. The van der Waals surface area contributed by atoms with Gasteiger partial charge >= 0.3 is 0 Å². The van der Waals surface area contributed by atoms with E-state index < -0.39 is 0 Å². The molecule has 15 heavy (non-hydrogen) atoms. The molecule has 0 aromatic heterocycles. The molecular formula is C10H9BrClNO2. The van der Waals surface area contributed by atoms with Crippen LogP contribution in [-0.4, -0.2) is 22.4 Å². The molecule has 2 rings (SSSR count). The summed E-state index contributed by atoms with van der Waals surface area (Å²) in [6, 6.07) is 4.82. The lowest BCUT2D eigenvalue weighted by molar-refractivity contribution is -0.117. The van der Waals surface area contributed by atoms with Gasteiger partial charge in [0.15, 0.2) is 0 Å². The molecule has 1 aliphatic rings. The fraction of sp³-hybridized carbons (Fsp3) is 0.300. The van der Waals surface area contributed by atoms with Crippen LogP contribution in [0.2, 0.25) is 5.02 Å². The minimum atomic E-state index is -0.0000101. The summed E-state index contributed by atoms with van der Waals surface area (Å²) in [5, 5.41) is 9.72. The maximum atomic E-state index is 11.6. The first-order valence-electron chi connectivity index (χ1n) is 4.51. The molecule has 0 spiro atoms. The lowest BCUT2D eigenvalue weighted by atomic mass is 10.3. The van der Waals surface area contributed by atoms with E-state index in [1.54, 1.807) is 17.0 Å². The average molecular weight is 291 g/mol. The molecule has 0 bridgehead atoms. The maximum absolute atomic E-state index is 11.6. The minimum Gasteiger partial charge on any atom is -0.506 e. The second-order valence-electron chi connectivity index (χ2n) is 3.44. The summed E-state index contributed by atoms with van der Waals surface area (Å²) in [7, 11) is 0. The largest absolute Gasteiger partial charge is 0.506 e. The van der Waals surface area contributed by atoms with Gasteiger partial charge < -0.3 is 10.0 Å². The molecular weight excluding hydrogens is 281 g/mol. The van der Waals surface area contributed by atoms with Gasteiger partial charge in [-0.3, -0.25) is 4.79 Å². The third kappa shape index (κ3) is 2.11. The Hall–Kier alpha value is -0.740. The number of aromatic hydroxyl groups is 1. The number of carbonyl (C=O) groups is 1. The number of phenols is 1. The summed E-state index contributed by atoms with van der Waals surface area (Å²) in [6.07, 6.45) is 0.489. The van der Waals surface area contributed by atoms with Gasteiger partial charge in [0.1, 0.15) is 5.75 Å². The monoisotopic (exact) mass is 289 g/mol. The molecule has 1 heterocycles. The number of benzene rings is 1. The number of nitrogens with zero attached hydrogens (tertiary/aromatic N) is 1. The summed E-state index contributed by atoms with van der Waals surface area (Å²) in [4.78, 5) is 13.4. The summed E-state index contributed by atoms with van der Waals surface area (Å²) >= 11 is 9.09. The van der Waals surface area contributed by atoms with Gasteiger partial charge in [0.2, 0.25) is 5.91 Å². The van der Waals surface area contributed by atoms with Crippen molar-refractivity contribution in [1.82, 2.24) is 0 Å². The number of hydrogen-bond donors (Lipinski definition) is 1. The highest BCUT2D eigenvalue weighted by atomic mass is 79.9. The summed E-state index contributed by atoms with van der Waals surface area (Å²) in [6.45, 7) is 0.625. The van der Waals surface area contributed by atoms with Gasteiger partial charge in [-0.15, -0.1) is 0 Å². The molecule has 1 aliphatic heterocycles. The zero-order valence-corrected chi connectivity index (χ0v) is 10.1. The van der Waals surface area contributed by atoms with Crippen molar-refractivity contribution in [2.45, 2.75) is 11.2 Å². The minimum absolute atomic E-state index is 0.0000101. The van der Waals surface area contributed by atoms with E-state index in [0.717, 1.165) is 0 Å². The van der Waals surface area contributed by atoms with Crippen LogP contribution in [0, 0.1) is 0 Å². The van der Waals surface area contributed by atoms with Gasteiger partial charge in [-0.25, -0.2) is 0 Å². The van der Waals surface area contributed by atoms with E-state index in [4.69, 9.17) is 11.6 Å². The predicted octanol–water partition coefficient (Wildman–Crippen LogP) is 2.55. The Morgan fingerprint density at radius 3 is 2.80 bits per heavy atom. The van der Waals surface area contributed by atoms with Crippen molar-refractivity contribution >= 4 is 39.1 Å². The first-order valence-corrected chi connectivity index (χ1v) is 5.80. The Morgan fingerprint density at radius 2 is 2.27 bits per heavy atom. The predicted molar refractivity (Wildman–Crippen MR) is 62.8 cm³/mol. The number of rotatable bonds is 1. The first-order chi connectivity index (χ1) is 7.08. The lowest BCUT2D eigenvalue weighted by Crippen LogP contribution is -2.24. The second-order valence-corrected chi connectivity index (χ2v) is 5.14. The third-order valence-electron chi connectivity index (χ3n) is 2.32. The highest BCUT2D eigenvalue weighted by Gasteiger charge is 2.28. The van der Waals surface area contributed by atoms with Crippen molar-refractivity contribution < 1.29 is 9.90 Å². The second kappa shape index (κ2) is 4.02. The zero-order valence-electron chi connectivity index (χ0n) is 7.78. The Labute approximate surface area is 101 Å². The number of phenolic OH excluding ortho intramolecular Hbond substituents is 1. The molecule has 1 aromatic rings. The van der Waals surface area contributed by atoms with Crippen molar-refractivity contribution in [3.63, 3.8) is 0 Å².